The van der Waals surface area contributed by atoms with Crippen LogP contribution in [-0.4, -0.2) is 56.9 Å². The van der Waals surface area contributed by atoms with Crippen LogP contribution in [0, 0.1) is 5.92 Å². The summed E-state index contributed by atoms with van der Waals surface area (Å²) in [6, 6.07) is 0. The standard InChI is InChI=1S/C12H22F3N3O.HI/c1-3-16-11(17-6-5-12(13,14)15)18-7-4-10(8-18)9-19-2;/h10H,3-9H2,1-2H3,(H,16,17);1H. The van der Waals surface area contributed by atoms with E-state index in [0.29, 0.717) is 25.0 Å². The Balaban J connectivity index is 0.00000361. The molecule has 0 aromatic rings. The number of guanidine groups is 1. The summed E-state index contributed by atoms with van der Waals surface area (Å²) in [5.74, 6) is 1.00. The molecule has 1 fully saturated rings. The van der Waals surface area contributed by atoms with Gasteiger partial charge in [-0.05, 0) is 13.3 Å². The zero-order valence-electron chi connectivity index (χ0n) is 11.9. The smallest absolute Gasteiger partial charge is 0.384 e. The summed E-state index contributed by atoms with van der Waals surface area (Å²) < 4.78 is 41.4. The molecule has 0 aromatic carbocycles. The number of hydrogen-bond acceptors (Lipinski definition) is 2. The van der Waals surface area contributed by atoms with Crippen LogP contribution < -0.4 is 5.32 Å². The van der Waals surface area contributed by atoms with Crippen molar-refractivity contribution in [3.05, 3.63) is 0 Å². The molecule has 20 heavy (non-hydrogen) atoms. The highest BCUT2D eigenvalue weighted by atomic mass is 127. The second-order valence-corrected chi connectivity index (χ2v) is 4.66. The number of alkyl halides is 3. The molecule has 1 N–H and O–H groups in total. The van der Waals surface area contributed by atoms with E-state index in [-0.39, 0.29) is 30.5 Å². The second-order valence-electron chi connectivity index (χ2n) is 4.66. The molecule has 1 aliphatic heterocycles. The molecule has 0 spiro atoms. The van der Waals surface area contributed by atoms with Crippen LogP contribution in [0.15, 0.2) is 4.99 Å². The highest BCUT2D eigenvalue weighted by molar-refractivity contribution is 14.0. The fraction of sp³-hybridized carbons (Fsp3) is 0.917. The lowest BCUT2D eigenvalue weighted by Gasteiger charge is -2.21. The van der Waals surface area contributed by atoms with Crippen molar-refractivity contribution in [3.8, 4) is 0 Å². The summed E-state index contributed by atoms with van der Waals surface area (Å²) in [6.45, 7) is 4.60. The van der Waals surface area contributed by atoms with Gasteiger partial charge in [0.05, 0.1) is 19.6 Å². The quantitative estimate of drug-likeness (QED) is 0.431. The van der Waals surface area contributed by atoms with Gasteiger partial charge in [-0.2, -0.15) is 13.2 Å². The molecule has 1 aliphatic rings. The predicted octanol–water partition coefficient (Wildman–Crippen LogP) is 2.49. The number of rotatable bonds is 5. The average molecular weight is 409 g/mol. The zero-order valence-corrected chi connectivity index (χ0v) is 14.2. The Morgan fingerprint density at radius 2 is 2.15 bits per heavy atom. The summed E-state index contributed by atoms with van der Waals surface area (Å²) in [6.07, 6.45) is -4.04. The lowest BCUT2D eigenvalue weighted by molar-refractivity contribution is -0.132. The van der Waals surface area contributed by atoms with Gasteiger partial charge < -0.3 is 15.0 Å². The predicted molar refractivity (Wildman–Crippen MR) is 83.6 cm³/mol. The molecule has 4 nitrogen and oxygen atoms in total. The Labute approximate surface area is 135 Å². The lowest BCUT2D eigenvalue weighted by Crippen LogP contribution is -2.40. The van der Waals surface area contributed by atoms with Gasteiger partial charge in [-0.1, -0.05) is 0 Å². The monoisotopic (exact) mass is 409 g/mol. The van der Waals surface area contributed by atoms with E-state index in [1.165, 1.54) is 0 Å². The fourth-order valence-corrected chi connectivity index (χ4v) is 2.11. The van der Waals surface area contributed by atoms with Crippen LogP contribution in [0.4, 0.5) is 13.2 Å². The Hall–Kier alpha value is -0.250. The van der Waals surface area contributed by atoms with Gasteiger partial charge in [0.15, 0.2) is 5.96 Å². The molecule has 0 radical (unpaired) electrons. The number of likely N-dealkylation sites (tertiary alicyclic amines) is 1. The average Bonchev–Trinajstić information content (AvgIpc) is 2.75. The number of hydrogen-bond donors (Lipinski definition) is 1. The maximum Gasteiger partial charge on any atom is 0.390 e. The molecule has 1 unspecified atom stereocenters. The van der Waals surface area contributed by atoms with Gasteiger partial charge in [0.1, 0.15) is 0 Å². The van der Waals surface area contributed by atoms with Crippen LogP contribution in [0.25, 0.3) is 0 Å². The first-order valence-corrected chi connectivity index (χ1v) is 6.55. The highest BCUT2D eigenvalue weighted by Gasteiger charge is 2.27. The van der Waals surface area contributed by atoms with Gasteiger partial charge in [-0.15, -0.1) is 24.0 Å². The SMILES string of the molecule is CCNC(=NCCC(F)(F)F)N1CCC(COC)C1.I. The van der Waals surface area contributed by atoms with Crippen LogP contribution in [0.3, 0.4) is 0 Å². The normalized spacial score (nSPS) is 19.9. The van der Waals surface area contributed by atoms with Crippen LogP contribution in [0.5, 0.6) is 0 Å². The third-order valence-electron chi connectivity index (χ3n) is 2.98. The molecule has 1 heterocycles. The van der Waals surface area contributed by atoms with Gasteiger partial charge in [0.2, 0.25) is 0 Å². The maximum absolute atomic E-state index is 12.1. The number of aliphatic imine (C=N–C) groups is 1. The van der Waals surface area contributed by atoms with E-state index in [1.807, 2.05) is 11.8 Å². The second kappa shape index (κ2) is 9.64. The molecule has 120 valence electrons. The Morgan fingerprint density at radius 3 is 2.70 bits per heavy atom. The van der Waals surface area contributed by atoms with Gasteiger partial charge in [0.25, 0.3) is 0 Å². The van der Waals surface area contributed by atoms with E-state index in [1.54, 1.807) is 7.11 Å². The minimum atomic E-state index is -4.15. The largest absolute Gasteiger partial charge is 0.390 e. The van der Waals surface area contributed by atoms with E-state index in [4.69, 9.17) is 4.74 Å². The fourth-order valence-electron chi connectivity index (χ4n) is 2.11. The minimum Gasteiger partial charge on any atom is -0.384 e. The minimum absolute atomic E-state index is 0. The van der Waals surface area contributed by atoms with Gasteiger partial charge >= 0.3 is 6.18 Å². The van der Waals surface area contributed by atoms with Crippen LogP contribution in [0.1, 0.15) is 19.8 Å². The Morgan fingerprint density at radius 1 is 1.45 bits per heavy atom. The van der Waals surface area contributed by atoms with E-state index in [2.05, 4.69) is 10.3 Å². The lowest BCUT2D eigenvalue weighted by atomic mass is 10.1. The highest BCUT2D eigenvalue weighted by Crippen LogP contribution is 2.20. The van der Waals surface area contributed by atoms with E-state index in [9.17, 15) is 13.2 Å². The molecular formula is C12H23F3IN3O. The summed E-state index contributed by atoms with van der Waals surface area (Å²) in [5.41, 5.74) is 0. The van der Waals surface area contributed by atoms with Crippen molar-refractivity contribution in [2.24, 2.45) is 10.9 Å². The van der Waals surface area contributed by atoms with Crippen LogP contribution in [0.2, 0.25) is 0 Å². The molecular weight excluding hydrogens is 386 g/mol. The maximum atomic E-state index is 12.1. The number of nitrogens with one attached hydrogen (secondary N) is 1. The third-order valence-corrected chi connectivity index (χ3v) is 2.98. The van der Waals surface area contributed by atoms with Crippen molar-refractivity contribution in [1.82, 2.24) is 10.2 Å². The van der Waals surface area contributed by atoms with Crippen molar-refractivity contribution in [3.63, 3.8) is 0 Å². The van der Waals surface area contributed by atoms with Gasteiger partial charge in [-0.3, -0.25) is 4.99 Å². The number of ether oxygens (including phenoxy) is 1. The number of methoxy groups -OCH3 is 1. The molecule has 1 saturated heterocycles. The molecule has 0 aromatic heterocycles. The first kappa shape index (κ1) is 19.8. The zero-order chi connectivity index (χ0) is 14.3. The van der Waals surface area contributed by atoms with Crippen molar-refractivity contribution in [2.45, 2.75) is 25.9 Å². The van der Waals surface area contributed by atoms with Crippen molar-refractivity contribution < 1.29 is 17.9 Å². The molecule has 0 amide bonds. The van der Waals surface area contributed by atoms with Crippen LogP contribution >= 0.6 is 24.0 Å². The molecule has 8 heteroatoms. The van der Waals surface area contributed by atoms with Crippen molar-refractivity contribution in [1.29, 1.82) is 0 Å². The summed E-state index contributed by atoms with van der Waals surface area (Å²) in [7, 11) is 1.66. The molecule has 0 aliphatic carbocycles. The topological polar surface area (TPSA) is 36.9 Å². The van der Waals surface area contributed by atoms with Gasteiger partial charge in [-0.25, -0.2) is 0 Å². The molecule has 0 saturated carbocycles. The summed E-state index contributed by atoms with van der Waals surface area (Å²) in [5, 5.41) is 3.04. The summed E-state index contributed by atoms with van der Waals surface area (Å²) in [4.78, 5) is 6.05. The first-order valence-electron chi connectivity index (χ1n) is 6.55. The van der Waals surface area contributed by atoms with Gasteiger partial charge in [0, 0.05) is 32.7 Å². The van der Waals surface area contributed by atoms with Crippen molar-refractivity contribution in [2.75, 3.05) is 39.9 Å². The van der Waals surface area contributed by atoms with E-state index < -0.39 is 12.6 Å². The molecule has 1 rings (SSSR count). The van der Waals surface area contributed by atoms with E-state index in [0.717, 1.165) is 19.5 Å². The third kappa shape index (κ3) is 7.51. The first-order chi connectivity index (χ1) is 8.96. The Bertz CT molecular complexity index is 300. The number of halogens is 4. The summed E-state index contributed by atoms with van der Waals surface area (Å²) >= 11 is 0. The van der Waals surface area contributed by atoms with Crippen molar-refractivity contribution >= 4 is 29.9 Å². The molecule has 0 bridgehead atoms. The van der Waals surface area contributed by atoms with E-state index >= 15 is 0 Å². The van der Waals surface area contributed by atoms with Crippen LogP contribution in [-0.2, 0) is 4.74 Å². The number of nitrogens with zero attached hydrogens (tertiary/aromatic N) is 2. The molecule has 1 atom stereocenters. The Kier molecular flexibility index (Phi) is 9.52.